The van der Waals surface area contributed by atoms with Gasteiger partial charge in [-0.2, -0.15) is 0 Å². The molecular formula is C15H30N4. The van der Waals surface area contributed by atoms with E-state index in [0.29, 0.717) is 6.04 Å². The number of aromatic nitrogens is 2. The molecule has 1 heterocycles. The Bertz CT molecular complexity index is 366. The summed E-state index contributed by atoms with van der Waals surface area (Å²) in [5.74, 6) is 1.17. The minimum absolute atomic E-state index is 0.222. The Morgan fingerprint density at radius 3 is 2.37 bits per heavy atom. The van der Waals surface area contributed by atoms with Crippen LogP contribution in [0.3, 0.4) is 0 Å². The standard InChI is InChI=1S/C15H30N4/c1-7-15(8-2,18(4)5)13(16-3)9-10-14-17-11-12-19(14)6/h11-13,16H,7-10H2,1-6H3. The zero-order valence-corrected chi connectivity index (χ0v) is 13.4. The van der Waals surface area contributed by atoms with E-state index in [4.69, 9.17) is 0 Å². The summed E-state index contributed by atoms with van der Waals surface area (Å²) in [7, 11) is 8.53. The van der Waals surface area contributed by atoms with Crippen LogP contribution in [0.5, 0.6) is 0 Å². The number of hydrogen-bond acceptors (Lipinski definition) is 3. The van der Waals surface area contributed by atoms with E-state index in [1.165, 1.54) is 5.82 Å². The van der Waals surface area contributed by atoms with Crippen LogP contribution >= 0.6 is 0 Å². The molecule has 0 aromatic carbocycles. The van der Waals surface area contributed by atoms with Gasteiger partial charge in [0.2, 0.25) is 0 Å². The molecule has 4 heteroatoms. The number of rotatable bonds is 8. The third kappa shape index (κ3) is 3.37. The van der Waals surface area contributed by atoms with Gasteiger partial charge in [0.05, 0.1) is 0 Å². The van der Waals surface area contributed by atoms with Crippen molar-refractivity contribution >= 4 is 0 Å². The highest BCUT2D eigenvalue weighted by Gasteiger charge is 2.36. The van der Waals surface area contributed by atoms with Crippen molar-refractivity contribution < 1.29 is 0 Å². The van der Waals surface area contributed by atoms with Crippen molar-refractivity contribution in [3.63, 3.8) is 0 Å². The number of hydrogen-bond donors (Lipinski definition) is 1. The van der Waals surface area contributed by atoms with Crippen molar-refractivity contribution in [3.05, 3.63) is 18.2 Å². The average molecular weight is 266 g/mol. The van der Waals surface area contributed by atoms with Gasteiger partial charge in [-0.15, -0.1) is 0 Å². The molecule has 0 bridgehead atoms. The molecule has 1 rings (SSSR count). The Morgan fingerprint density at radius 2 is 2.00 bits per heavy atom. The van der Waals surface area contributed by atoms with E-state index in [9.17, 15) is 0 Å². The number of nitrogens with zero attached hydrogens (tertiary/aromatic N) is 3. The summed E-state index contributed by atoms with van der Waals surface area (Å²) in [5.41, 5.74) is 0.222. The lowest BCUT2D eigenvalue weighted by Gasteiger charge is -2.45. The lowest BCUT2D eigenvalue weighted by atomic mass is 9.81. The van der Waals surface area contributed by atoms with Gasteiger partial charge in [-0.25, -0.2) is 4.98 Å². The zero-order chi connectivity index (χ0) is 14.5. The molecule has 1 aromatic rings. The lowest BCUT2D eigenvalue weighted by molar-refractivity contribution is 0.0875. The quantitative estimate of drug-likeness (QED) is 0.782. The smallest absolute Gasteiger partial charge is 0.108 e. The molecule has 0 saturated carbocycles. The summed E-state index contributed by atoms with van der Waals surface area (Å²) < 4.78 is 2.11. The van der Waals surface area contributed by atoms with Gasteiger partial charge in [0, 0.05) is 37.4 Å². The van der Waals surface area contributed by atoms with Crippen molar-refractivity contribution in [2.24, 2.45) is 7.05 Å². The van der Waals surface area contributed by atoms with E-state index < -0.39 is 0 Å². The van der Waals surface area contributed by atoms with Crippen molar-refractivity contribution in [2.75, 3.05) is 21.1 Å². The second-order valence-electron chi connectivity index (χ2n) is 5.54. The Labute approximate surface area is 118 Å². The fraction of sp³-hybridized carbons (Fsp3) is 0.800. The molecule has 1 N–H and O–H groups in total. The molecule has 0 aliphatic carbocycles. The van der Waals surface area contributed by atoms with Crippen LogP contribution < -0.4 is 5.32 Å². The summed E-state index contributed by atoms with van der Waals surface area (Å²) >= 11 is 0. The van der Waals surface area contributed by atoms with E-state index in [2.05, 4.69) is 61.8 Å². The molecule has 0 spiro atoms. The van der Waals surface area contributed by atoms with Gasteiger partial charge in [0.15, 0.2) is 0 Å². The molecule has 1 unspecified atom stereocenters. The Kier molecular flexibility index (Phi) is 6.01. The maximum atomic E-state index is 4.42. The monoisotopic (exact) mass is 266 g/mol. The van der Waals surface area contributed by atoms with Crippen LogP contribution in [0.4, 0.5) is 0 Å². The van der Waals surface area contributed by atoms with E-state index in [1.807, 2.05) is 12.4 Å². The second-order valence-corrected chi connectivity index (χ2v) is 5.54. The lowest BCUT2D eigenvalue weighted by Crippen LogP contribution is -2.57. The largest absolute Gasteiger partial charge is 0.338 e. The molecule has 0 aliphatic rings. The SMILES string of the molecule is CCC(CC)(C(CCc1nccn1C)NC)N(C)C. The van der Waals surface area contributed by atoms with Gasteiger partial charge in [0.25, 0.3) is 0 Å². The average Bonchev–Trinajstić information content (AvgIpc) is 2.80. The van der Waals surface area contributed by atoms with E-state index in [-0.39, 0.29) is 5.54 Å². The molecule has 4 nitrogen and oxygen atoms in total. The number of imidazole rings is 1. The first kappa shape index (κ1) is 16.2. The topological polar surface area (TPSA) is 33.1 Å². The highest BCUT2D eigenvalue weighted by molar-refractivity contribution is 4.99. The molecule has 0 aliphatic heterocycles. The van der Waals surface area contributed by atoms with Gasteiger partial charge in [-0.05, 0) is 40.4 Å². The first-order valence-corrected chi connectivity index (χ1v) is 7.32. The predicted molar refractivity (Wildman–Crippen MR) is 81.4 cm³/mol. The normalized spacial score (nSPS) is 14.1. The molecule has 0 amide bonds. The maximum Gasteiger partial charge on any atom is 0.108 e. The third-order valence-electron chi connectivity index (χ3n) is 4.69. The number of nitrogens with one attached hydrogen (secondary N) is 1. The summed E-state index contributed by atoms with van der Waals surface area (Å²) in [6.45, 7) is 4.57. The highest BCUT2D eigenvalue weighted by Crippen LogP contribution is 2.28. The summed E-state index contributed by atoms with van der Waals surface area (Å²) in [6, 6.07) is 0.481. The Hall–Kier alpha value is -0.870. The van der Waals surface area contributed by atoms with Crippen LogP contribution in [0.1, 0.15) is 38.9 Å². The summed E-state index contributed by atoms with van der Waals surface area (Å²) in [4.78, 5) is 6.80. The molecule has 0 radical (unpaired) electrons. The van der Waals surface area contributed by atoms with Crippen molar-refractivity contribution in [1.82, 2.24) is 19.8 Å². The Morgan fingerprint density at radius 1 is 1.37 bits per heavy atom. The molecule has 1 aromatic heterocycles. The van der Waals surface area contributed by atoms with Gasteiger partial charge < -0.3 is 14.8 Å². The second kappa shape index (κ2) is 7.06. The zero-order valence-electron chi connectivity index (χ0n) is 13.4. The number of aryl methyl sites for hydroxylation is 2. The van der Waals surface area contributed by atoms with Crippen LogP contribution in [0.2, 0.25) is 0 Å². The fourth-order valence-corrected chi connectivity index (χ4v) is 3.28. The van der Waals surface area contributed by atoms with Crippen LogP contribution in [0, 0.1) is 0 Å². The van der Waals surface area contributed by atoms with Gasteiger partial charge >= 0.3 is 0 Å². The molecule has 110 valence electrons. The summed E-state index contributed by atoms with van der Waals surface area (Å²) in [6.07, 6.45) is 8.34. The van der Waals surface area contributed by atoms with E-state index >= 15 is 0 Å². The molecule has 0 fully saturated rings. The number of likely N-dealkylation sites (N-methyl/N-ethyl adjacent to an activating group) is 2. The maximum absolute atomic E-state index is 4.42. The van der Waals surface area contributed by atoms with Crippen LogP contribution in [0.25, 0.3) is 0 Å². The minimum atomic E-state index is 0.222. The van der Waals surface area contributed by atoms with E-state index in [1.54, 1.807) is 0 Å². The summed E-state index contributed by atoms with van der Waals surface area (Å²) in [5, 5.41) is 3.53. The third-order valence-corrected chi connectivity index (χ3v) is 4.69. The fourth-order valence-electron chi connectivity index (χ4n) is 3.28. The van der Waals surface area contributed by atoms with Crippen LogP contribution in [-0.2, 0) is 13.5 Å². The molecule has 0 saturated heterocycles. The van der Waals surface area contributed by atoms with Crippen molar-refractivity contribution in [1.29, 1.82) is 0 Å². The molecule has 19 heavy (non-hydrogen) atoms. The van der Waals surface area contributed by atoms with Crippen molar-refractivity contribution in [3.8, 4) is 0 Å². The molecule has 1 atom stereocenters. The minimum Gasteiger partial charge on any atom is -0.338 e. The van der Waals surface area contributed by atoms with Gasteiger partial charge in [-0.3, -0.25) is 0 Å². The van der Waals surface area contributed by atoms with E-state index in [0.717, 1.165) is 25.7 Å². The van der Waals surface area contributed by atoms with Gasteiger partial charge in [-0.1, -0.05) is 13.8 Å². The highest BCUT2D eigenvalue weighted by atomic mass is 15.2. The predicted octanol–water partition coefficient (Wildman–Crippen LogP) is 2.06. The van der Waals surface area contributed by atoms with Crippen LogP contribution in [-0.4, -0.2) is 47.2 Å². The van der Waals surface area contributed by atoms with Crippen LogP contribution in [0.15, 0.2) is 12.4 Å². The van der Waals surface area contributed by atoms with Gasteiger partial charge in [0.1, 0.15) is 5.82 Å². The Balaban J connectivity index is 2.78. The molecular weight excluding hydrogens is 236 g/mol. The first-order chi connectivity index (χ1) is 9.01. The van der Waals surface area contributed by atoms with Crippen molar-refractivity contribution in [2.45, 2.75) is 51.1 Å². The first-order valence-electron chi connectivity index (χ1n) is 7.32.